The maximum absolute atomic E-state index is 5.40. The predicted octanol–water partition coefficient (Wildman–Crippen LogP) is 2.24. The molecular formula is C14H21NO. The molecule has 2 rings (SSSR count). The molecule has 1 N–H and O–H groups in total. The predicted molar refractivity (Wildman–Crippen MR) is 66.5 cm³/mol. The number of nitrogens with one attached hydrogen (secondary N) is 1. The topological polar surface area (TPSA) is 21.3 Å². The highest BCUT2D eigenvalue weighted by Crippen LogP contribution is 2.16. The van der Waals surface area contributed by atoms with Gasteiger partial charge in [0.2, 0.25) is 0 Å². The molecule has 0 aromatic heterocycles. The molecule has 2 heteroatoms. The molecule has 1 aromatic carbocycles. The second-order valence-electron chi connectivity index (χ2n) is 4.60. The number of hydrogen-bond donors (Lipinski definition) is 1. The van der Waals surface area contributed by atoms with E-state index >= 15 is 0 Å². The summed E-state index contributed by atoms with van der Waals surface area (Å²) in [4.78, 5) is 0. The van der Waals surface area contributed by atoms with Crippen molar-refractivity contribution in [1.29, 1.82) is 0 Å². The van der Waals surface area contributed by atoms with Crippen molar-refractivity contribution in [3.8, 4) is 0 Å². The van der Waals surface area contributed by atoms with Crippen molar-refractivity contribution in [2.45, 2.75) is 25.8 Å². The van der Waals surface area contributed by atoms with Gasteiger partial charge in [0.1, 0.15) is 0 Å². The monoisotopic (exact) mass is 219 g/mol. The van der Waals surface area contributed by atoms with Gasteiger partial charge in [-0.2, -0.15) is 0 Å². The van der Waals surface area contributed by atoms with Gasteiger partial charge in [-0.15, -0.1) is 0 Å². The summed E-state index contributed by atoms with van der Waals surface area (Å²) in [6.07, 6.45) is 2.32. The molecule has 2 nitrogen and oxygen atoms in total. The van der Waals surface area contributed by atoms with Crippen LogP contribution in [0.25, 0.3) is 0 Å². The molecule has 0 aliphatic carbocycles. The second kappa shape index (κ2) is 6.02. The van der Waals surface area contributed by atoms with Crippen LogP contribution in [0.15, 0.2) is 30.3 Å². The first-order valence-electron chi connectivity index (χ1n) is 6.21. The summed E-state index contributed by atoms with van der Waals surface area (Å²) in [6.45, 7) is 5.20. The maximum atomic E-state index is 5.40. The summed E-state index contributed by atoms with van der Waals surface area (Å²) in [6, 6.07) is 11.2. The second-order valence-corrected chi connectivity index (χ2v) is 4.60. The van der Waals surface area contributed by atoms with Crippen LogP contribution in [0, 0.1) is 5.92 Å². The van der Waals surface area contributed by atoms with Gasteiger partial charge in [-0.1, -0.05) is 30.3 Å². The number of benzene rings is 1. The number of ether oxygens (including phenoxy) is 1. The molecular weight excluding hydrogens is 198 g/mol. The summed E-state index contributed by atoms with van der Waals surface area (Å²) in [7, 11) is 0. The first-order valence-corrected chi connectivity index (χ1v) is 6.21. The molecule has 0 amide bonds. The van der Waals surface area contributed by atoms with Gasteiger partial charge in [0.05, 0.1) is 6.61 Å². The minimum absolute atomic E-state index is 0.575. The fourth-order valence-corrected chi connectivity index (χ4v) is 2.20. The van der Waals surface area contributed by atoms with Crippen LogP contribution >= 0.6 is 0 Å². The Morgan fingerprint density at radius 3 is 2.88 bits per heavy atom. The fourth-order valence-electron chi connectivity index (χ4n) is 2.20. The van der Waals surface area contributed by atoms with Gasteiger partial charge in [0.15, 0.2) is 0 Å². The minimum Gasteiger partial charge on any atom is -0.381 e. The lowest BCUT2D eigenvalue weighted by molar-refractivity contribution is 0.178. The van der Waals surface area contributed by atoms with Crippen LogP contribution in [0.1, 0.15) is 18.9 Å². The van der Waals surface area contributed by atoms with E-state index in [2.05, 4.69) is 42.6 Å². The Labute approximate surface area is 98.0 Å². The molecule has 88 valence electrons. The highest BCUT2D eigenvalue weighted by Gasteiger charge is 2.21. The molecule has 0 bridgehead atoms. The van der Waals surface area contributed by atoms with Crippen LogP contribution in [0.3, 0.4) is 0 Å². The van der Waals surface area contributed by atoms with Crippen molar-refractivity contribution >= 4 is 0 Å². The number of rotatable bonds is 5. The highest BCUT2D eigenvalue weighted by molar-refractivity contribution is 5.14. The minimum atomic E-state index is 0.575. The van der Waals surface area contributed by atoms with Crippen LogP contribution in [-0.4, -0.2) is 25.8 Å². The summed E-state index contributed by atoms with van der Waals surface area (Å²) in [5.74, 6) is 0.704. The Morgan fingerprint density at radius 1 is 1.38 bits per heavy atom. The molecule has 0 spiro atoms. The number of hydrogen-bond acceptors (Lipinski definition) is 2. The van der Waals surface area contributed by atoms with Crippen LogP contribution in [0.5, 0.6) is 0 Å². The van der Waals surface area contributed by atoms with Gasteiger partial charge < -0.3 is 10.1 Å². The van der Waals surface area contributed by atoms with Crippen molar-refractivity contribution in [1.82, 2.24) is 5.32 Å². The Bertz CT molecular complexity index is 293. The fraction of sp³-hybridized carbons (Fsp3) is 0.571. The van der Waals surface area contributed by atoms with Gasteiger partial charge in [-0.3, -0.25) is 0 Å². The summed E-state index contributed by atoms with van der Waals surface area (Å²) < 4.78 is 5.40. The third-order valence-corrected chi connectivity index (χ3v) is 3.39. The van der Waals surface area contributed by atoms with Gasteiger partial charge in [0.25, 0.3) is 0 Å². The zero-order valence-electron chi connectivity index (χ0n) is 9.99. The Hall–Kier alpha value is -0.860. The first kappa shape index (κ1) is 11.6. The van der Waals surface area contributed by atoms with Crippen molar-refractivity contribution in [3.05, 3.63) is 35.9 Å². The van der Waals surface area contributed by atoms with E-state index in [1.807, 2.05) is 0 Å². The van der Waals surface area contributed by atoms with E-state index in [1.165, 1.54) is 12.0 Å². The van der Waals surface area contributed by atoms with E-state index in [1.54, 1.807) is 0 Å². The zero-order chi connectivity index (χ0) is 11.2. The molecule has 2 unspecified atom stereocenters. The van der Waals surface area contributed by atoms with Crippen molar-refractivity contribution < 1.29 is 4.74 Å². The Kier molecular flexibility index (Phi) is 4.37. The van der Waals surface area contributed by atoms with Gasteiger partial charge >= 0.3 is 0 Å². The molecule has 0 saturated carbocycles. The van der Waals surface area contributed by atoms with E-state index in [0.29, 0.717) is 12.0 Å². The molecule has 1 heterocycles. The van der Waals surface area contributed by atoms with Gasteiger partial charge in [-0.05, 0) is 37.8 Å². The van der Waals surface area contributed by atoms with E-state index < -0.39 is 0 Å². The van der Waals surface area contributed by atoms with Crippen LogP contribution in [0.2, 0.25) is 0 Å². The molecule has 1 aliphatic heterocycles. The Morgan fingerprint density at radius 2 is 2.19 bits per heavy atom. The van der Waals surface area contributed by atoms with E-state index in [0.717, 1.165) is 26.2 Å². The average molecular weight is 219 g/mol. The van der Waals surface area contributed by atoms with Gasteiger partial charge in [0, 0.05) is 12.6 Å². The first-order chi connectivity index (χ1) is 7.86. The molecule has 0 radical (unpaired) electrons. The molecule has 1 aromatic rings. The highest BCUT2D eigenvalue weighted by atomic mass is 16.5. The largest absolute Gasteiger partial charge is 0.381 e. The third-order valence-electron chi connectivity index (χ3n) is 3.39. The van der Waals surface area contributed by atoms with Crippen molar-refractivity contribution in [3.63, 3.8) is 0 Å². The van der Waals surface area contributed by atoms with E-state index in [4.69, 9.17) is 4.74 Å². The lowest BCUT2D eigenvalue weighted by Gasteiger charge is -2.19. The lowest BCUT2D eigenvalue weighted by atomic mass is 10.0. The molecule has 1 saturated heterocycles. The van der Waals surface area contributed by atoms with Crippen LogP contribution in [-0.2, 0) is 11.2 Å². The normalized spacial score (nSPS) is 22.2. The summed E-state index contributed by atoms with van der Waals surface area (Å²) in [5.41, 5.74) is 1.41. The molecule has 1 fully saturated rings. The average Bonchev–Trinajstić information content (AvgIpc) is 2.84. The Balaban J connectivity index is 1.67. The summed E-state index contributed by atoms with van der Waals surface area (Å²) in [5, 5.41) is 3.59. The van der Waals surface area contributed by atoms with Crippen LogP contribution < -0.4 is 5.32 Å². The van der Waals surface area contributed by atoms with Crippen molar-refractivity contribution in [2.24, 2.45) is 5.92 Å². The van der Waals surface area contributed by atoms with Crippen LogP contribution in [0.4, 0.5) is 0 Å². The molecule has 1 aliphatic rings. The zero-order valence-corrected chi connectivity index (χ0v) is 9.99. The van der Waals surface area contributed by atoms with E-state index in [9.17, 15) is 0 Å². The smallest absolute Gasteiger partial charge is 0.0509 e. The van der Waals surface area contributed by atoms with E-state index in [-0.39, 0.29) is 0 Å². The molecule has 16 heavy (non-hydrogen) atoms. The van der Waals surface area contributed by atoms with Gasteiger partial charge in [-0.25, -0.2) is 0 Å². The third kappa shape index (κ3) is 3.32. The maximum Gasteiger partial charge on any atom is 0.0509 e. The quantitative estimate of drug-likeness (QED) is 0.820. The summed E-state index contributed by atoms with van der Waals surface area (Å²) >= 11 is 0. The van der Waals surface area contributed by atoms with Crippen molar-refractivity contribution in [2.75, 3.05) is 19.8 Å². The standard InChI is InChI=1S/C14H21NO/c1-12(14-8-10-16-11-14)15-9-7-13-5-3-2-4-6-13/h2-6,12,14-15H,7-11H2,1H3. The molecule has 2 atom stereocenters. The lowest BCUT2D eigenvalue weighted by Crippen LogP contribution is -2.35. The SMILES string of the molecule is CC(NCCc1ccccc1)C1CCOC1.